The Morgan fingerprint density at radius 2 is 1.86 bits per heavy atom. The van der Waals surface area contributed by atoms with Crippen molar-refractivity contribution in [3.05, 3.63) is 29.8 Å². The van der Waals surface area contributed by atoms with E-state index in [-0.39, 0.29) is 30.5 Å². The maximum Gasteiger partial charge on any atom is 0.309 e. The molecule has 1 aromatic carbocycles. The molecule has 1 aliphatic heterocycles. The Morgan fingerprint density at radius 3 is 2.39 bits per heavy atom. The summed E-state index contributed by atoms with van der Waals surface area (Å²) in [4.78, 5) is 23.9. The van der Waals surface area contributed by atoms with Crippen molar-refractivity contribution in [2.24, 2.45) is 11.8 Å². The summed E-state index contributed by atoms with van der Waals surface area (Å²) in [7, 11) is -3.67. The number of sulfonamides is 1. The molecule has 1 N–H and O–H groups in total. The Kier molecular flexibility index (Phi) is 7.54. The fourth-order valence-electron chi connectivity index (χ4n) is 2.81. The lowest BCUT2D eigenvalue weighted by Crippen LogP contribution is -2.41. The number of benzene rings is 1. The molecule has 1 fully saturated rings. The zero-order valence-corrected chi connectivity index (χ0v) is 16.9. The van der Waals surface area contributed by atoms with Crippen LogP contribution in [0, 0.1) is 23.2 Å². The van der Waals surface area contributed by atoms with Crippen LogP contribution in [0.4, 0.5) is 0 Å². The van der Waals surface area contributed by atoms with Crippen molar-refractivity contribution in [2.75, 3.05) is 26.2 Å². The van der Waals surface area contributed by atoms with Crippen molar-refractivity contribution >= 4 is 21.9 Å². The van der Waals surface area contributed by atoms with E-state index in [9.17, 15) is 18.0 Å². The van der Waals surface area contributed by atoms with E-state index in [0.717, 1.165) is 0 Å². The van der Waals surface area contributed by atoms with Gasteiger partial charge in [0.2, 0.25) is 10.0 Å². The minimum Gasteiger partial charge on any atom is -0.455 e. The molecule has 1 aliphatic rings. The van der Waals surface area contributed by atoms with Gasteiger partial charge in [-0.15, -0.1) is 0 Å². The van der Waals surface area contributed by atoms with Crippen LogP contribution in [0.3, 0.4) is 0 Å². The van der Waals surface area contributed by atoms with E-state index in [1.165, 1.54) is 28.6 Å². The highest BCUT2D eigenvalue weighted by molar-refractivity contribution is 7.89. The van der Waals surface area contributed by atoms with Gasteiger partial charge < -0.3 is 10.1 Å². The molecule has 0 radical (unpaired) electrons. The van der Waals surface area contributed by atoms with Crippen molar-refractivity contribution in [3.63, 3.8) is 0 Å². The van der Waals surface area contributed by atoms with Gasteiger partial charge in [-0.2, -0.15) is 9.57 Å². The molecule has 0 aromatic heterocycles. The zero-order chi connectivity index (χ0) is 20.7. The first kappa shape index (κ1) is 21.9. The molecule has 1 saturated heterocycles. The molecule has 1 heterocycles. The van der Waals surface area contributed by atoms with Crippen molar-refractivity contribution in [1.82, 2.24) is 9.62 Å². The minimum absolute atomic E-state index is 0.120. The van der Waals surface area contributed by atoms with Gasteiger partial charge in [-0.05, 0) is 43.0 Å². The molecule has 0 unspecified atom stereocenters. The van der Waals surface area contributed by atoms with E-state index < -0.39 is 21.9 Å². The Bertz CT molecular complexity index is 835. The van der Waals surface area contributed by atoms with Crippen LogP contribution in [0.25, 0.3) is 0 Å². The van der Waals surface area contributed by atoms with Crippen LogP contribution in [-0.2, 0) is 24.3 Å². The average molecular weight is 407 g/mol. The maximum absolute atomic E-state index is 12.7. The molecule has 0 spiro atoms. The molecule has 1 aromatic rings. The molecular formula is C19H25N3O5S. The number of hydrogen-bond donors (Lipinski definition) is 1. The molecular weight excluding hydrogens is 382 g/mol. The first-order valence-electron chi connectivity index (χ1n) is 9.17. The van der Waals surface area contributed by atoms with Gasteiger partial charge in [-0.3, -0.25) is 9.59 Å². The summed E-state index contributed by atoms with van der Waals surface area (Å²) in [6, 6.07) is 7.68. The Hall–Kier alpha value is -2.44. The topological polar surface area (TPSA) is 117 Å². The monoisotopic (exact) mass is 407 g/mol. The fraction of sp³-hybridized carbons (Fsp3) is 0.526. The maximum atomic E-state index is 12.7. The standard InChI is InChI=1S/C19H25N3O5S/c1-14(2)12-21-18(23)13-27-19(24)16-7-9-22(10-8-16)28(25,26)17-5-3-15(11-20)4-6-17/h3-6,14,16H,7-10,12-13H2,1-2H3,(H,21,23). The smallest absolute Gasteiger partial charge is 0.309 e. The average Bonchev–Trinajstić information content (AvgIpc) is 2.70. The fourth-order valence-corrected chi connectivity index (χ4v) is 4.28. The summed E-state index contributed by atoms with van der Waals surface area (Å²) >= 11 is 0. The summed E-state index contributed by atoms with van der Waals surface area (Å²) in [6.45, 7) is 4.51. The van der Waals surface area contributed by atoms with Crippen LogP contribution in [0.2, 0.25) is 0 Å². The summed E-state index contributed by atoms with van der Waals surface area (Å²) in [5.74, 6) is -0.939. The lowest BCUT2D eigenvalue weighted by atomic mass is 9.98. The first-order valence-corrected chi connectivity index (χ1v) is 10.6. The normalized spacial score (nSPS) is 15.8. The molecule has 1 amide bonds. The number of nitriles is 1. The molecule has 2 rings (SSSR count). The second-order valence-corrected chi connectivity index (χ2v) is 9.06. The van der Waals surface area contributed by atoms with Crippen molar-refractivity contribution in [2.45, 2.75) is 31.6 Å². The highest BCUT2D eigenvalue weighted by Crippen LogP contribution is 2.24. The molecule has 0 atom stereocenters. The van der Waals surface area contributed by atoms with E-state index in [0.29, 0.717) is 30.9 Å². The van der Waals surface area contributed by atoms with Crippen molar-refractivity contribution in [3.8, 4) is 6.07 Å². The quantitative estimate of drug-likeness (QED) is 0.681. The first-order chi connectivity index (χ1) is 13.2. The van der Waals surface area contributed by atoms with Crippen molar-refractivity contribution < 1.29 is 22.7 Å². The number of nitrogens with zero attached hydrogens (tertiary/aromatic N) is 2. The predicted molar refractivity (Wildman–Crippen MR) is 101 cm³/mol. The highest BCUT2D eigenvalue weighted by Gasteiger charge is 2.33. The van der Waals surface area contributed by atoms with E-state index in [4.69, 9.17) is 10.00 Å². The van der Waals surface area contributed by atoms with Gasteiger partial charge >= 0.3 is 5.97 Å². The molecule has 9 heteroatoms. The van der Waals surface area contributed by atoms with Crippen LogP contribution in [0.1, 0.15) is 32.3 Å². The molecule has 0 saturated carbocycles. The third-order valence-electron chi connectivity index (χ3n) is 4.46. The Labute approximate surface area is 165 Å². The SMILES string of the molecule is CC(C)CNC(=O)COC(=O)C1CCN(S(=O)(=O)c2ccc(C#N)cc2)CC1. The molecule has 152 valence electrons. The van der Waals surface area contributed by atoms with E-state index in [1.54, 1.807) is 0 Å². The van der Waals surface area contributed by atoms with E-state index in [2.05, 4.69) is 5.32 Å². The van der Waals surface area contributed by atoms with Gasteiger partial charge in [0.1, 0.15) is 0 Å². The van der Waals surface area contributed by atoms with Gasteiger partial charge in [0, 0.05) is 19.6 Å². The highest BCUT2D eigenvalue weighted by atomic mass is 32.2. The number of carbonyl (C=O) groups is 2. The van der Waals surface area contributed by atoms with Crippen molar-refractivity contribution in [1.29, 1.82) is 5.26 Å². The van der Waals surface area contributed by atoms with Crippen LogP contribution in [0.5, 0.6) is 0 Å². The summed E-state index contributed by atoms with van der Waals surface area (Å²) < 4.78 is 31.7. The summed E-state index contributed by atoms with van der Waals surface area (Å²) in [5.41, 5.74) is 0.387. The zero-order valence-electron chi connectivity index (χ0n) is 16.1. The largest absolute Gasteiger partial charge is 0.455 e. The number of hydrogen-bond acceptors (Lipinski definition) is 6. The molecule has 0 bridgehead atoms. The molecule has 8 nitrogen and oxygen atoms in total. The van der Waals surface area contributed by atoms with E-state index in [1.807, 2.05) is 19.9 Å². The molecule has 0 aliphatic carbocycles. The number of amides is 1. The number of rotatable bonds is 7. The number of carbonyl (C=O) groups excluding carboxylic acids is 2. The van der Waals surface area contributed by atoms with Gasteiger partial charge in [-0.25, -0.2) is 8.42 Å². The summed E-state index contributed by atoms with van der Waals surface area (Å²) in [5, 5.41) is 11.5. The lowest BCUT2D eigenvalue weighted by Gasteiger charge is -2.30. The van der Waals surface area contributed by atoms with Crippen LogP contribution in [-0.4, -0.2) is 50.8 Å². The summed E-state index contributed by atoms with van der Waals surface area (Å²) in [6.07, 6.45) is 0.671. The second-order valence-electron chi connectivity index (χ2n) is 7.12. The Morgan fingerprint density at radius 1 is 1.25 bits per heavy atom. The van der Waals surface area contributed by atoms with Gasteiger partial charge in [0.05, 0.1) is 22.4 Å². The van der Waals surface area contributed by atoms with E-state index >= 15 is 0 Å². The van der Waals surface area contributed by atoms with Crippen LogP contribution >= 0.6 is 0 Å². The second kappa shape index (κ2) is 9.66. The number of esters is 1. The minimum atomic E-state index is -3.67. The third-order valence-corrected chi connectivity index (χ3v) is 6.37. The third kappa shape index (κ3) is 5.78. The number of piperidine rings is 1. The molecule has 28 heavy (non-hydrogen) atoms. The lowest BCUT2D eigenvalue weighted by molar-refractivity contribution is -0.153. The van der Waals surface area contributed by atoms with Gasteiger partial charge in [0.15, 0.2) is 6.61 Å². The van der Waals surface area contributed by atoms with Gasteiger partial charge in [-0.1, -0.05) is 13.8 Å². The predicted octanol–water partition coefficient (Wildman–Crippen LogP) is 1.27. The number of nitrogens with one attached hydrogen (secondary N) is 1. The van der Waals surface area contributed by atoms with Gasteiger partial charge in [0.25, 0.3) is 5.91 Å². The number of ether oxygens (including phenoxy) is 1. The van der Waals surface area contributed by atoms with Crippen LogP contribution < -0.4 is 5.32 Å². The van der Waals surface area contributed by atoms with Crippen LogP contribution in [0.15, 0.2) is 29.2 Å². The Balaban J connectivity index is 1.85.